The largest absolute Gasteiger partial charge is 0.507 e. The van der Waals surface area contributed by atoms with E-state index in [1.54, 1.807) is 0 Å². The number of phenols is 1. The second kappa shape index (κ2) is 7.71. The third-order valence-corrected chi connectivity index (χ3v) is 7.15. The van der Waals surface area contributed by atoms with E-state index in [4.69, 9.17) is 4.74 Å². The van der Waals surface area contributed by atoms with Crippen molar-refractivity contribution in [1.29, 1.82) is 0 Å². The van der Waals surface area contributed by atoms with Crippen molar-refractivity contribution in [2.45, 2.75) is 71.5 Å². The van der Waals surface area contributed by atoms with Crippen LogP contribution in [-0.2, 0) is 16.9 Å². The molecule has 2 nitrogen and oxygen atoms in total. The molecule has 3 heteroatoms. The summed E-state index contributed by atoms with van der Waals surface area (Å²) in [6.45, 7) is 17.5. The van der Waals surface area contributed by atoms with Crippen LogP contribution in [0.25, 0.3) is 0 Å². The number of hydrogen-bond donors (Lipinski definition) is 1. The highest BCUT2D eigenvalue weighted by Crippen LogP contribution is 2.41. The molecule has 0 saturated carbocycles. The van der Waals surface area contributed by atoms with E-state index in [2.05, 4.69) is 85.0 Å². The minimum Gasteiger partial charge on any atom is -0.507 e. The molecule has 0 aromatic heterocycles. The van der Waals surface area contributed by atoms with Gasteiger partial charge in [-0.15, -0.1) is 0 Å². The molecule has 2 aromatic rings. The molecule has 0 aliphatic heterocycles. The Bertz CT molecular complexity index is 730. The van der Waals surface area contributed by atoms with Crippen LogP contribution in [0.2, 0.25) is 13.1 Å². The fourth-order valence-corrected chi connectivity index (χ4v) is 5.31. The number of benzene rings is 2. The van der Waals surface area contributed by atoms with Crippen LogP contribution in [0.1, 0.15) is 58.2 Å². The fourth-order valence-electron chi connectivity index (χ4n) is 3.31. The molecule has 0 radical (unpaired) electrons. The van der Waals surface area contributed by atoms with Crippen molar-refractivity contribution in [3.05, 3.63) is 59.2 Å². The van der Waals surface area contributed by atoms with Crippen LogP contribution >= 0.6 is 0 Å². The van der Waals surface area contributed by atoms with Gasteiger partial charge in [0.25, 0.3) is 0 Å². The Morgan fingerprint density at radius 3 is 1.78 bits per heavy atom. The van der Waals surface area contributed by atoms with Crippen molar-refractivity contribution in [3.63, 3.8) is 0 Å². The lowest BCUT2D eigenvalue weighted by molar-refractivity contribution is 0.367. The Morgan fingerprint density at radius 2 is 1.33 bits per heavy atom. The Morgan fingerprint density at radius 1 is 0.852 bits per heavy atom. The molecule has 1 N–H and O–H groups in total. The molecule has 0 bridgehead atoms. The lowest BCUT2D eigenvalue weighted by Crippen LogP contribution is -2.37. The molecule has 148 valence electrons. The average molecular weight is 385 g/mol. The zero-order chi connectivity index (χ0) is 20.5. The fraction of sp³-hybridized carbons (Fsp3) is 0.500. The molecule has 0 fully saturated rings. The third kappa shape index (κ3) is 5.87. The maximum Gasteiger partial charge on any atom is 0.123 e. The maximum atomic E-state index is 10.9. The van der Waals surface area contributed by atoms with Gasteiger partial charge in [-0.05, 0) is 29.0 Å². The summed E-state index contributed by atoms with van der Waals surface area (Å²) in [5.74, 6) is 1.28. The summed E-state index contributed by atoms with van der Waals surface area (Å²) >= 11 is 0. The van der Waals surface area contributed by atoms with E-state index >= 15 is 0 Å². The van der Waals surface area contributed by atoms with Gasteiger partial charge >= 0.3 is 0 Å². The van der Waals surface area contributed by atoms with Crippen molar-refractivity contribution < 1.29 is 9.84 Å². The molecule has 2 aromatic carbocycles. The SMILES string of the molecule is CC(C)(C)c1cc(OC[Si](C)(C)Cc2ccccc2)cc(C(C)(C)C)c1O. The topological polar surface area (TPSA) is 29.5 Å². The van der Waals surface area contributed by atoms with E-state index in [0.29, 0.717) is 5.75 Å². The number of hydrogen-bond acceptors (Lipinski definition) is 2. The summed E-state index contributed by atoms with van der Waals surface area (Å²) in [7, 11) is -1.55. The van der Waals surface area contributed by atoms with Gasteiger partial charge in [-0.1, -0.05) is 90.5 Å². The molecule has 0 atom stereocenters. The zero-order valence-corrected chi connectivity index (χ0v) is 19.3. The predicted octanol–water partition coefficient (Wildman–Crippen LogP) is 6.40. The van der Waals surface area contributed by atoms with Gasteiger partial charge in [0.05, 0.1) is 14.3 Å². The molecule has 0 aliphatic rings. The Labute approximate surface area is 166 Å². The Kier molecular flexibility index (Phi) is 6.15. The summed E-state index contributed by atoms with van der Waals surface area (Å²) in [5, 5.41) is 10.9. The van der Waals surface area contributed by atoms with Gasteiger partial charge in [0.15, 0.2) is 0 Å². The van der Waals surface area contributed by atoms with E-state index in [1.807, 2.05) is 12.1 Å². The highest BCUT2D eigenvalue weighted by Gasteiger charge is 2.28. The molecular weight excluding hydrogens is 348 g/mol. The monoisotopic (exact) mass is 384 g/mol. The lowest BCUT2D eigenvalue weighted by Gasteiger charge is -2.29. The number of ether oxygens (including phenoxy) is 1. The van der Waals surface area contributed by atoms with Gasteiger partial charge < -0.3 is 9.84 Å². The predicted molar refractivity (Wildman–Crippen MR) is 119 cm³/mol. The van der Waals surface area contributed by atoms with E-state index in [-0.39, 0.29) is 10.8 Å². The van der Waals surface area contributed by atoms with Crippen LogP contribution in [0.4, 0.5) is 0 Å². The van der Waals surface area contributed by atoms with Crippen molar-refractivity contribution in [1.82, 2.24) is 0 Å². The van der Waals surface area contributed by atoms with E-state index in [9.17, 15) is 5.11 Å². The van der Waals surface area contributed by atoms with E-state index in [0.717, 1.165) is 29.2 Å². The van der Waals surface area contributed by atoms with Crippen molar-refractivity contribution in [2.75, 3.05) is 6.23 Å². The van der Waals surface area contributed by atoms with Gasteiger partial charge in [-0.25, -0.2) is 0 Å². The van der Waals surface area contributed by atoms with Crippen molar-refractivity contribution in [2.24, 2.45) is 0 Å². The summed E-state index contributed by atoms with van der Waals surface area (Å²) in [4.78, 5) is 0. The van der Waals surface area contributed by atoms with Gasteiger partial charge in [-0.2, -0.15) is 0 Å². The van der Waals surface area contributed by atoms with Crippen LogP contribution in [0, 0.1) is 0 Å². The lowest BCUT2D eigenvalue weighted by atomic mass is 9.79. The van der Waals surface area contributed by atoms with Crippen molar-refractivity contribution in [3.8, 4) is 11.5 Å². The molecule has 27 heavy (non-hydrogen) atoms. The van der Waals surface area contributed by atoms with Gasteiger partial charge in [0, 0.05) is 11.1 Å². The Hall–Kier alpha value is -1.74. The molecule has 0 spiro atoms. The van der Waals surface area contributed by atoms with Crippen molar-refractivity contribution >= 4 is 8.07 Å². The van der Waals surface area contributed by atoms with Crippen LogP contribution in [-0.4, -0.2) is 19.4 Å². The molecular formula is C24H36O2Si. The highest BCUT2D eigenvalue weighted by atomic mass is 28.3. The third-order valence-electron chi connectivity index (χ3n) is 4.85. The summed E-state index contributed by atoms with van der Waals surface area (Å²) < 4.78 is 6.32. The zero-order valence-electron chi connectivity index (χ0n) is 18.3. The second-order valence-electron chi connectivity index (χ2n) is 10.5. The minimum absolute atomic E-state index is 0.138. The summed E-state index contributed by atoms with van der Waals surface area (Å²) in [5.41, 5.74) is 3.01. The summed E-state index contributed by atoms with van der Waals surface area (Å²) in [6, 6.07) is 15.8. The first-order valence-corrected chi connectivity index (χ1v) is 13.3. The highest BCUT2D eigenvalue weighted by molar-refractivity contribution is 6.76. The van der Waals surface area contributed by atoms with E-state index in [1.165, 1.54) is 5.56 Å². The molecule has 0 heterocycles. The average Bonchev–Trinajstić information content (AvgIpc) is 2.52. The van der Waals surface area contributed by atoms with E-state index < -0.39 is 8.07 Å². The first-order chi connectivity index (χ1) is 12.3. The molecule has 0 aliphatic carbocycles. The van der Waals surface area contributed by atoms with Gasteiger partial charge in [-0.3, -0.25) is 0 Å². The molecule has 0 saturated heterocycles. The number of phenolic OH excluding ortho intramolecular Hbond substituents is 1. The van der Waals surface area contributed by atoms with Gasteiger partial charge in [0.2, 0.25) is 0 Å². The standard InChI is InChI=1S/C24H36O2Si/c1-23(2,3)20-14-19(15-21(22(20)25)24(4,5)6)26-17-27(7,8)16-18-12-10-9-11-13-18/h9-15,25H,16-17H2,1-8H3. The minimum atomic E-state index is -1.55. The Balaban J connectivity index is 2.27. The maximum absolute atomic E-state index is 10.9. The van der Waals surface area contributed by atoms with Gasteiger partial charge in [0.1, 0.15) is 11.5 Å². The second-order valence-corrected chi connectivity index (χ2v) is 15.5. The number of aromatic hydroxyl groups is 1. The smallest absolute Gasteiger partial charge is 0.123 e. The van der Waals surface area contributed by atoms with Crippen LogP contribution in [0.5, 0.6) is 11.5 Å². The molecule has 0 amide bonds. The normalized spacial score (nSPS) is 12.9. The quantitative estimate of drug-likeness (QED) is 0.605. The first-order valence-electron chi connectivity index (χ1n) is 9.84. The first kappa shape index (κ1) is 21.6. The van der Waals surface area contributed by atoms with Crippen LogP contribution in [0.15, 0.2) is 42.5 Å². The summed E-state index contributed by atoms with van der Waals surface area (Å²) in [6.07, 6.45) is 0.764. The van der Waals surface area contributed by atoms with Crippen LogP contribution in [0.3, 0.4) is 0 Å². The molecule has 2 rings (SSSR count). The number of rotatable bonds is 5. The molecule has 0 unspecified atom stereocenters. The van der Waals surface area contributed by atoms with Crippen LogP contribution < -0.4 is 4.74 Å².